The van der Waals surface area contributed by atoms with Crippen LogP contribution in [0.15, 0.2) is 35.5 Å². The number of halogens is 4. The second-order valence-corrected chi connectivity index (χ2v) is 9.55. The van der Waals surface area contributed by atoms with E-state index in [1.165, 1.54) is 0 Å². The molecule has 0 aliphatic carbocycles. The molecule has 0 saturated heterocycles. The van der Waals surface area contributed by atoms with E-state index in [-0.39, 0.29) is 22.9 Å². The number of sulfonamides is 1. The fourth-order valence-corrected chi connectivity index (χ4v) is 4.81. The molecule has 0 unspecified atom stereocenters. The van der Waals surface area contributed by atoms with E-state index in [9.17, 15) is 30.8 Å². The first kappa shape index (κ1) is 23.5. The Labute approximate surface area is 190 Å². The number of nitrogens with one attached hydrogen (secondary N) is 1. The zero-order chi connectivity index (χ0) is 24.9. The Bertz CT molecular complexity index is 1310. The standard InChI is InChI=1S/C19H17F4N5O5S/c1-28-17(24)27-18(7-20,9-34(28,30)31)11-4-10(2-3-12(11)21)26-16(29)13-5-14-15(6-25-13)33-19(22,23)8-32-14/h2-6H,7-9H2,1H3,(H2,24,27)(H,26,29)/t18-/m0/s1. The molecule has 0 spiro atoms. The summed E-state index contributed by atoms with van der Waals surface area (Å²) in [5, 5.41) is 2.40. The van der Waals surface area contributed by atoms with E-state index in [0.29, 0.717) is 4.31 Å². The number of amides is 1. The van der Waals surface area contributed by atoms with Gasteiger partial charge in [-0.2, -0.15) is 8.78 Å². The predicted octanol–water partition coefficient (Wildman–Crippen LogP) is 1.59. The third-order valence-corrected chi connectivity index (χ3v) is 7.02. The van der Waals surface area contributed by atoms with E-state index in [4.69, 9.17) is 10.5 Å². The molecule has 2 aliphatic rings. The van der Waals surface area contributed by atoms with Crippen molar-refractivity contribution in [2.45, 2.75) is 11.6 Å². The van der Waals surface area contributed by atoms with Crippen LogP contribution >= 0.6 is 0 Å². The number of hydrogen-bond donors (Lipinski definition) is 2. The predicted molar refractivity (Wildman–Crippen MR) is 110 cm³/mol. The largest absolute Gasteiger partial charge is 0.479 e. The Morgan fingerprint density at radius 3 is 2.71 bits per heavy atom. The van der Waals surface area contributed by atoms with Crippen molar-refractivity contribution in [3.8, 4) is 11.5 Å². The van der Waals surface area contributed by atoms with Crippen LogP contribution in [-0.2, 0) is 15.6 Å². The summed E-state index contributed by atoms with van der Waals surface area (Å²) in [6, 6.07) is 4.15. The van der Waals surface area contributed by atoms with Gasteiger partial charge in [-0.3, -0.25) is 4.79 Å². The molecule has 0 saturated carbocycles. The maximum Gasteiger partial charge on any atom is 0.433 e. The fourth-order valence-electron chi connectivity index (χ4n) is 3.39. The van der Waals surface area contributed by atoms with Crippen LogP contribution in [0, 0.1) is 5.82 Å². The molecule has 4 rings (SSSR count). The molecule has 1 amide bonds. The molecule has 0 fully saturated rings. The highest BCUT2D eigenvalue weighted by atomic mass is 32.2. The van der Waals surface area contributed by atoms with E-state index in [2.05, 4.69) is 20.0 Å². The lowest BCUT2D eigenvalue weighted by molar-refractivity contribution is -0.209. The van der Waals surface area contributed by atoms with Crippen molar-refractivity contribution < 1.29 is 40.2 Å². The van der Waals surface area contributed by atoms with Gasteiger partial charge in [-0.1, -0.05) is 0 Å². The summed E-state index contributed by atoms with van der Waals surface area (Å²) >= 11 is 0. The first-order chi connectivity index (χ1) is 15.9. The maximum absolute atomic E-state index is 14.7. The van der Waals surface area contributed by atoms with Gasteiger partial charge in [-0.25, -0.2) is 31.5 Å². The molecule has 3 N–H and O–H groups in total. The van der Waals surface area contributed by atoms with Crippen LogP contribution in [0.3, 0.4) is 0 Å². The molecule has 1 atom stereocenters. The van der Waals surface area contributed by atoms with E-state index in [1.54, 1.807) is 0 Å². The van der Waals surface area contributed by atoms with Gasteiger partial charge in [0, 0.05) is 24.4 Å². The number of guanidine groups is 1. The molecule has 34 heavy (non-hydrogen) atoms. The second kappa shape index (κ2) is 8.00. The first-order valence-corrected chi connectivity index (χ1v) is 11.2. The zero-order valence-electron chi connectivity index (χ0n) is 17.4. The lowest BCUT2D eigenvalue weighted by Crippen LogP contribution is -2.52. The highest BCUT2D eigenvalue weighted by Gasteiger charge is 2.45. The number of aromatic nitrogens is 1. The number of nitrogens with two attached hydrogens (primary N) is 1. The molecule has 2 aromatic rings. The average molecular weight is 503 g/mol. The van der Waals surface area contributed by atoms with Crippen LogP contribution in [0.4, 0.5) is 23.2 Å². The minimum Gasteiger partial charge on any atom is -0.479 e. The van der Waals surface area contributed by atoms with Gasteiger partial charge >= 0.3 is 6.11 Å². The summed E-state index contributed by atoms with van der Waals surface area (Å²) in [5.74, 6) is -3.72. The van der Waals surface area contributed by atoms with Gasteiger partial charge in [-0.05, 0) is 18.2 Å². The monoisotopic (exact) mass is 503 g/mol. The number of aliphatic imine (C=N–C) groups is 1. The summed E-state index contributed by atoms with van der Waals surface area (Å²) in [6.45, 7) is -2.44. The molecule has 1 aromatic heterocycles. The Kier molecular flexibility index (Phi) is 5.54. The summed E-state index contributed by atoms with van der Waals surface area (Å²) in [7, 11) is -2.97. The highest BCUT2D eigenvalue weighted by Crippen LogP contribution is 2.37. The quantitative estimate of drug-likeness (QED) is 0.605. The van der Waals surface area contributed by atoms with Crippen molar-refractivity contribution in [2.75, 3.05) is 31.4 Å². The van der Waals surface area contributed by atoms with E-state index < -0.39 is 64.0 Å². The van der Waals surface area contributed by atoms with Crippen LogP contribution in [0.5, 0.6) is 11.5 Å². The molecule has 10 nitrogen and oxygen atoms in total. The van der Waals surface area contributed by atoms with Gasteiger partial charge in [0.1, 0.15) is 29.5 Å². The normalized spacial score (nSPS) is 22.6. The van der Waals surface area contributed by atoms with Crippen molar-refractivity contribution in [2.24, 2.45) is 10.7 Å². The minimum atomic E-state index is -4.10. The third kappa shape index (κ3) is 4.18. The summed E-state index contributed by atoms with van der Waals surface area (Å²) in [5.41, 5.74) is 2.73. The van der Waals surface area contributed by atoms with E-state index in [1.807, 2.05) is 0 Å². The van der Waals surface area contributed by atoms with Gasteiger partial charge in [0.2, 0.25) is 16.0 Å². The number of carbonyl (C=O) groups excluding carboxylic acids is 1. The van der Waals surface area contributed by atoms with Crippen molar-refractivity contribution in [1.82, 2.24) is 9.29 Å². The molecular formula is C19H17F4N5O5S. The molecule has 3 heterocycles. The van der Waals surface area contributed by atoms with Crippen LogP contribution in [0.2, 0.25) is 0 Å². The van der Waals surface area contributed by atoms with Gasteiger partial charge in [0.25, 0.3) is 5.91 Å². The smallest absolute Gasteiger partial charge is 0.433 e. The molecule has 0 bridgehead atoms. The summed E-state index contributed by atoms with van der Waals surface area (Å²) < 4.78 is 90.0. The van der Waals surface area contributed by atoms with Crippen LogP contribution in [-0.4, -0.2) is 61.8 Å². The summed E-state index contributed by atoms with van der Waals surface area (Å²) in [4.78, 5) is 20.2. The second-order valence-electron chi connectivity index (χ2n) is 7.55. The van der Waals surface area contributed by atoms with Crippen molar-refractivity contribution in [3.05, 3.63) is 47.5 Å². The van der Waals surface area contributed by atoms with Gasteiger partial charge in [-0.15, -0.1) is 0 Å². The SMILES string of the molecule is CN1C(N)=N[C@](CF)(c2cc(NC(=O)c3cc4c(cn3)OC(F)(F)CO4)ccc2F)CS1(=O)=O. The zero-order valence-corrected chi connectivity index (χ0v) is 18.2. The first-order valence-electron chi connectivity index (χ1n) is 9.55. The Morgan fingerprint density at radius 2 is 2.03 bits per heavy atom. The number of fused-ring (bicyclic) bond motifs is 1. The number of anilines is 1. The number of carbonyl (C=O) groups is 1. The average Bonchev–Trinajstić information content (AvgIpc) is 2.77. The minimum absolute atomic E-state index is 0.0393. The lowest BCUT2D eigenvalue weighted by Gasteiger charge is -2.35. The Hall–Kier alpha value is -3.62. The van der Waals surface area contributed by atoms with Crippen LogP contribution in [0.25, 0.3) is 0 Å². The van der Waals surface area contributed by atoms with Crippen molar-refractivity contribution in [1.29, 1.82) is 0 Å². The molecule has 0 radical (unpaired) electrons. The number of pyridine rings is 1. The number of benzene rings is 1. The van der Waals surface area contributed by atoms with Gasteiger partial charge in [0.05, 0.1) is 6.20 Å². The Balaban J connectivity index is 1.64. The topological polar surface area (TPSA) is 136 Å². The van der Waals surface area contributed by atoms with E-state index in [0.717, 1.165) is 37.5 Å². The molecule has 2 aliphatic heterocycles. The number of nitrogens with zero attached hydrogens (tertiary/aromatic N) is 3. The van der Waals surface area contributed by atoms with Crippen molar-refractivity contribution in [3.63, 3.8) is 0 Å². The lowest BCUT2D eigenvalue weighted by atomic mass is 9.92. The molecule has 1 aromatic carbocycles. The van der Waals surface area contributed by atoms with Crippen molar-refractivity contribution >= 4 is 27.6 Å². The van der Waals surface area contributed by atoms with E-state index >= 15 is 0 Å². The number of rotatable bonds is 4. The fraction of sp³-hybridized carbons (Fsp3) is 0.316. The summed E-state index contributed by atoms with van der Waals surface area (Å²) in [6.07, 6.45) is -2.66. The van der Waals surface area contributed by atoms with Crippen LogP contribution < -0.4 is 20.5 Å². The Morgan fingerprint density at radius 1 is 1.29 bits per heavy atom. The third-order valence-electron chi connectivity index (χ3n) is 5.16. The van der Waals surface area contributed by atoms with Gasteiger partial charge < -0.3 is 20.5 Å². The highest BCUT2D eigenvalue weighted by molar-refractivity contribution is 7.89. The molecule has 182 valence electrons. The molecular weight excluding hydrogens is 486 g/mol. The van der Waals surface area contributed by atoms with Crippen LogP contribution in [0.1, 0.15) is 16.1 Å². The van der Waals surface area contributed by atoms with Gasteiger partial charge in [0.15, 0.2) is 18.1 Å². The number of alkyl halides is 3. The number of hydrogen-bond acceptors (Lipinski definition) is 8. The number of ether oxygens (including phenoxy) is 2. The maximum atomic E-state index is 14.7. The molecule has 15 heteroatoms.